The zero-order valence-corrected chi connectivity index (χ0v) is 13.1. The maximum absolute atomic E-state index is 5.41. The van der Waals surface area contributed by atoms with Crippen LogP contribution in [0.2, 0.25) is 0 Å². The summed E-state index contributed by atoms with van der Waals surface area (Å²) in [4.78, 5) is 0. The Labute approximate surface area is 110 Å². The molecule has 0 unspecified atom stereocenters. The summed E-state index contributed by atoms with van der Waals surface area (Å²) in [7, 11) is 5.41. The summed E-state index contributed by atoms with van der Waals surface area (Å²) >= 11 is 0. The van der Waals surface area contributed by atoms with Crippen molar-refractivity contribution in [3.8, 4) is 0 Å². The van der Waals surface area contributed by atoms with Gasteiger partial charge in [-0.25, -0.2) is 0 Å². The lowest BCUT2D eigenvalue weighted by Gasteiger charge is -2.44. The lowest BCUT2D eigenvalue weighted by Crippen LogP contribution is -2.42. The Kier molecular flexibility index (Phi) is 4.85. The van der Waals surface area contributed by atoms with Crippen molar-refractivity contribution in [1.29, 1.82) is 0 Å². The molecule has 1 nitrogen and oxygen atoms in total. The third-order valence-corrected chi connectivity index (χ3v) is 5.13. The molecule has 0 aromatic rings. The fourth-order valence-corrected chi connectivity index (χ4v) is 1.42. The first-order valence-electron chi connectivity index (χ1n) is 6.50. The molecule has 2 radical (unpaired) electrons. The van der Waals surface area contributed by atoms with Crippen LogP contribution in [0.3, 0.4) is 0 Å². The summed E-state index contributed by atoms with van der Waals surface area (Å²) in [5.74, 6) is 0. The third-order valence-electron chi connectivity index (χ3n) is 5.13. The summed E-state index contributed by atoms with van der Waals surface area (Å²) in [6.45, 7) is 21.8. The maximum Gasteiger partial charge on any atom is 0.283 e. The summed E-state index contributed by atoms with van der Waals surface area (Å²) in [5, 5.41) is 0. The van der Waals surface area contributed by atoms with Crippen molar-refractivity contribution in [2.45, 2.75) is 73.8 Å². The van der Waals surface area contributed by atoms with Gasteiger partial charge in [-0.05, 0) is 46.0 Å². The Bertz CT molecular complexity index is 246. The Balaban J connectivity index is 4.69. The quantitative estimate of drug-likeness (QED) is 0.486. The minimum absolute atomic E-state index is 0.0459. The first-order chi connectivity index (χ1) is 7.27. The molecular weight excluding hydrogens is 207 g/mol. The molecule has 17 heavy (non-hydrogen) atoms. The summed E-state index contributed by atoms with van der Waals surface area (Å²) < 4.78 is 5.14. The van der Waals surface area contributed by atoms with Gasteiger partial charge in [0.15, 0.2) is 0 Å². The number of hydrogen-bond donors (Lipinski definition) is 0. The van der Waals surface area contributed by atoms with Crippen LogP contribution in [0.15, 0.2) is 0 Å². The molecule has 0 saturated heterocycles. The minimum atomic E-state index is -0.311. The van der Waals surface area contributed by atoms with Crippen LogP contribution in [0.4, 0.5) is 0 Å². The van der Waals surface area contributed by atoms with Crippen LogP contribution in [0.25, 0.3) is 0 Å². The van der Waals surface area contributed by atoms with Gasteiger partial charge in [-0.15, -0.1) is 0 Å². The molecule has 0 saturated carbocycles. The number of rotatable bonds is 6. The van der Waals surface area contributed by atoms with Gasteiger partial charge in [0, 0.05) is 11.0 Å². The molecule has 0 aliphatic heterocycles. The first-order valence-corrected chi connectivity index (χ1v) is 6.50. The molecule has 0 aromatic carbocycles. The molecule has 98 valence electrons. The smallest absolute Gasteiger partial charge is 0.283 e. The summed E-state index contributed by atoms with van der Waals surface area (Å²) in [6.07, 6.45) is 2.19. The zero-order valence-electron chi connectivity index (χ0n) is 13.1. The van der Waals surface area contributed by atoms with Crippen LogP contribution in [-0.4, -0.2) is 13.7 Å². The highest BCUT2D eigenvalue weighted by Gasteiger charge is 2.42. The Morgan fingerprint density at radius 3 is 1.47 bits per heavy atom. The molecule has 2 heteroatoms. The van der Waals surface area contributed by atoms with Crippen LogP contribution in [-0.2, 0) is 4.65 Å². The van der Waals surface area contributed by atoms with E-state index in [-0.39, 0.29) is 21.8 Å². The van der Waals surface area contributed by atoms with Crippen LogP contribution < -0.4 is 0 Å². The van der Waals surface area contributed by atoms with Crippen molar-refractivity contribution in [3.05, 3.63) is 6.92 Å². The predicted octanol–water partition coefficient (Wildman–Crippen LogP) is 4.56. The highest BCUT2D eigenvalue weighted by Crippen LogP contribution is 2.46. The highest BCUT2D eigenvalue weighted by molar-refractivity contribution is 5.98. The van der Waals surface area contributed by atoms with Crippen molar-refractivity contribution in [2.75, 3.05) is 0 Å². The average Bonchev–Trinajstić information content (AvgIpc) is 2.13. The van der Waals surface area contributed by atoms with Crippen molar-refractivity contribution >= 4 is 8.05 Å². The molecule has 0 rings (SSSR count). The Morgan fingerprint density at radius 2 is 1.18 bits per heavy atom. The van der Waals surface area contributed by atoms with Crippen LogP contribution in [0.5, 0.6) is 0 Å². The van der Waals surface area contributed by atoms with E-state index in [1.165, 1.54) is 0 Å². The van der Waals surface area contributed by atoms with Gasteiger partial charge in [-0.2, -0.15) is 0 Å². The second kappa shape index (κ2) is 4.88. The fourth-order valence-electron chi connectivity index (χ4n) is 1.42. The van der Waals surface area contributed by atoms with E-state index in [0.717, 1.165) is 12.8 Å². The van der Waals surface area contributed by atoms with Gasteiger partial charge in [0.25, 0.3) is 8.05 Å². The summed E-state index contributed by atoms with van der Waals surface area (Å²) in [5.41, 5.74) is 0.00437. The lowest BCUT2D eigenvalue weighted by atomic mass is 9.63. The molecule has 0 fully saturated rings. The topological polar surface area (TPSA) is 9.23 Å². The minimum Gasteiger partial charge on any atom is -0.442 e. The highest BCUT2D eigenvalue weighted by atomic mass is 16.4. The molecule has 0 bridgehead atoms. The second-order valence-corrected chi connectivity index (χ2v) is 7.78. The van der Waals surface area contributed by atoms with Gasteiger partial charge in [0.1, 0.15) is 5.41 Å². The zero-order chi connectivity index (χ0) is 14.1. The summed E-state index contributed by atoms with van der Waals surface area (Å²) in [6, 6.07) is 0. The van der Waals surface area contributed by atoms with Crippen molar-refractivity contribution in [3.63, 3.8) is 0 Å². The normalized spacial score (nSPS) is 15.1. The molecule has 0 N–H and O–H groups in total. The Hall–Kier alpha value is -0.105. The van der Waals surface area contributed by atoms with E-state index in [1.54, 1.807) is 0 Å². The van der Waals surface area contributed by atoms with E-state index < -0.39 is 0 Å². The lowest BCUT2D eigenvalue weighted by molar-refractivity contribution is -0.0219. The van der Waals surface area contributed by atoms with Crippen molar-refractivity contribution in [2.24, 2.45) is 16.2 Å². The average molecular weight is 237 g/mol. The van der Waals surface area contributed by atoms with Crippen molar-refractivity contribution < 1.29 is 4.65 Å². The van der Waals surface area contributed by atoms with E-state index in [1.807, 2.05) is 0 Å². The molecule has 0 aromatic heterocycles. The van der Waals surface area contributed by atoms with Gasteiger partial charge in [-0.1, -0.05) is 27.7 Å². The molecule has 0 heterocycles. The fraction of sp³-hybridized carbons (Fsp3) is 0.933. The monoisotopic (exact) mass is 237 g/mol. The van der Waals surface area contributed by atoms with Crippen molar-refractivity contribution in [1.82, 2.24) is 0 Å². The standard InChI is InChI=1S/C15H30BO/c1-12(2,3)13(4,5)10-11-14(6,7)15(8,9)17-16/h1,10-11H2,2-9H3/q+1. The predicted molar refractivity (Wildman–Crippen MR) is 76.9 cm³/mol. The van der Waals surface area contributed by atoms with Crippen LogP contribution in [0, 0.1) is 23.2 Å². The Morgan fingerprint density at radius 1 is 0.824 bits per heavy atom. The first kappa shape index (κ1) is 16.9. The second-order valence-electron chi connectivity index (χ2n) is 7.78. The molecule has 0 atom stereocenters. The van der Waals surface area contributed by atoms with E-state index >= 15 is 0 Å². The largest absolute Gasteiger partial charge is 0.442 e. The van der Waals surface area contributed by atoms with E-state index in [9.17, 15) is 0 Å². The third kappa shape index (κ3) is 3.94. The molecule has 0 amide bonds. The van der Waals surface area contributed by atoms with Gasteiger partial charge >= 0.3 is 0 Å². The van der Waals surface area contributed by atoms with Crippen LogP contribution >= 0.6 is 0 Å². The SMILES string of the molecule is [B]OC(C)(C)C(C)(C)CCC(C)(C)C([CH2+])(C)C. The number of hydrogen-bond acceptors (Lipinski definition) is 1. The molecule has 0 aliphatic rings. The molecular formula is C15H30BO+. The van der Waals surface area contributed by atoms with Gasteiger partial charge in [0.05, 0.1) is 6.92 Å². The molecule has 0 spiro atoms. The molecule has 0 aliphatic carbocycles. The van der Waals surface area contributed by atoms with Crippen LogP contribution in [0.1, 0.15) is 68.2 Å². The van der Waals surface area contributed by atoms with E-state index in [0.29, 0.717) is 0 Å². The van der Waals surface area contributed by atoms with Gasteiger partial charge in [0.2, 0.25) is 0 Å². The van der Waals surface area contributed by atoms with E-state index in [2.05, 4.69) is 62.3 Å². The van der Waals surface area contributed by atoms with Gasteiger partial charge < -0.3 is 4.65 Å². The van der Waals surface area contributed by atoms with Gasteiger partial charge in [-0.3, -0.25) is 0 Å². The van der Waals surface area contributed by atoms with E-state index in [4.69, 9.17) is 12.7 Å². The maximum atomic E-state index is 5.41.